The fraction of sp³-hybridized carbons (Fsp3) is 0.684. The van der Waals surface area contributed by atoms with E-state index in [9.17, 15) is 4.79 Å². The predicted octanol–water partition coefficient (Wildman–Crippen LogP) is 1.87. The van der Waals surface area contributed by atoms with Gasteiger partial charge < -0.3 is 24.6 Å². The molecule has 0 aromatic carbocycles. The molecule has 0 bridgehead atoms. The number of nitrogens with one attached hydrogen (secondary N) is 1. The summed E-state index contributed by atoms with van der Waals surface area (Å²) >= 11 is 0. The van der Waals surface area contributed by atoms with E-state index in [1.165, 1.54) is 0 Å². The van der Waals surface area contributed by atoms with Crippen LogP contribution in [0.5, 0.6) is 0 Å². The van der Waals surface area contributed by atoms with Gasteiger partial charge in [0.2, 0.25) is 0 Å². The van der Waals surface area contributed by atoms with E-state index in [4.69, 9.17) is 14.5 Å². The van der Waals surface area contributed by atoms with Crippen LogP contribution in [0.15, 0.2) is 18.2 Å². The first kappa shape index (κ1) is 18.9. The number of morpholine rings is 2. The summed E-state index contributed by atoms with van der Waals surface area (Å²) in [6.07, 6.45) is 0.957. The Balaban J connectivity index is 1.56. The minimum atomic E-state index is -0.0301. The van der Waals surface area contributed by atoms with Crippen LogP contribution in [0.3, 0.4) is 0 Å². The molecule has 7 heteroatoms. The smallest absolute Gasteiger partial charge is 0.318 e. The van der Waals surface area contributed by atoms with Gasteiger partial charge in [0, 0.05) is 19.6 Å². The van der Waals surface area contributed by atoms with Gasteiger partial charge in [-0.3, -0.25) is 0 Å². The van der Waals surface area contributed by atoms with Crippen molar-refractivity contribution in [2.75, 3.05) is 51.0 Å². The topological polar surface area (TPSA) is 66.9 Å². The summed E-state index contributed by atoms with van der Waals surface area (Å²) in [7, 11) is 0. The van der Waals surface area contributed by atoms with Crippen LogP contribution in [0.2, 0.25) is 0 Å². The number of aromatic nitrogens is 1. The average molecular weight is 362 g/mol. The summed E-state index contributed by atoms with van der Waals surface area (Å²) in [5, 5.41) is 3.03. The first-order valence-electron chi connectivity index (χ1n) is 9.54. The Hall–Kier alpha value is -1.86. The zero-order valence-electron chi connectivity index (χ0n) is 15.8. The molecule has 3 heterocycles. The van der Waals surface area contributed by atoms with Gasteiger partial charge in [0.25, 0.3) is 0 Å². The lowest BCUT2D eigenvalue weighted by atomic mass is 10.0. The van der Waals surface area contributed by atoms with Gasteiger partial charge >= 0.3 is 6.03 Å². The number of hydrogen-bond donors (Lipinski definition) is 1. The molecular weight excluding hydrogens is 332 g/mol. The molecule has 1 N–H and O–H groups in total. The molecule has 2 aliphatic rings. The Bertz CT molecular complexity index is 590. The maximum absolute atomic E-state index is 12.7. The number of urea groups is 1. The van der Waals surface area contributed by atoms with Gasteiger partial charge in [-0.1, -0.05) is 19.9 Å². The van der Waals surface area contributed by atoms with Gasteiger partial charge in [0.05, 0.1) is 44.7 Å². The average Bonchev–Trinajstić information content (AvgIpc) is 2.67. The SMILES string of the molecule is CC(C)C[C@H]1COCCN1C(=O)NCc1cccc(N2CCOCC2)n1. The molecule has 0 spiro atoms. The van der Waals surface area contributed by atoms with Crippen LogP contribution >= 0.6 is 0 Å². The van der Waals surface area contributed by atoms with Crippen LogP contribution in [-0.2, 0) is 16.0 Å². The van der Waals surface area contributed by atoms with Crippen molar-refractivity contribution in [2.45, 2.75) is 32.9 Å². The molecular formula is C19H30N4O3. The van der Waals surface area contributed by atoms with E-state index in [1.54, 1.807) is 0 Å². The number of nitrogens with zero attached hydrogens (tertiary/aromatic N) is 3. The first-order chi connectivity index (χ1) is 12.6. The van der Waals surface area contributed by atoms with E-state index in [1.807, 2.05) is 23.1 Å². The number of ether oxygens (including phenoxy) is 2. The second kappa shape index (κ2) is 9.19. The Morgan fingerprint density at radius 2 is 2.00 bits per heavy atom. The summed E-state index contributed by atoms with van der Waals surface area (Å²) in [5.74, 6) is 1.48. The molecule has 26 heavy (non-hydrogen) atoms. The normalized spacial score (nSPS) is 21.1. The fourth-order valence-corrected chi connectivity index (χ4v) is 3.46. The maximum Gasteiger partial charge on any atom is 0.318 e. The summed E-state index contributed by atoms with van der Waals surface area (Å²) in [6, 6.07) is 6.08. The van der Waals surface area contributed by atoms with Crippen LogP contribution in [0.1, 0.15) is 26.0 Å². The molecule has 0 saturated carbocycles. The van der Waals surface area contributed by atoms with Crippen molar-refractivity contribution in [1.82, 2.24) is 15.2 Å². The van der Waals surface area contributed by atoms with Gasteiger partial charge in [0.1, 0.15) is 5.82 Å². The van der Waals surface area contributed by atoms with E-state index in [-0.39, 0.29) is 12.1 Å². The summed E-state index contributed by atoms with van der Waals surface area (Å²) in [5.41, 5.74) is 0.871. The molecule has 7 nitrogen and oxygen atoms in total. The number of pyridine rings is 1. The highest BCUT2D eigenvalue weighted by molar-refractivity contribution is 5.74. The molecule has 2 aliphatic heterocycles. The maximum atomic E-state index is 12.7. The third kappa shape index (κ3) is 5.08. The number of carbonyl (C=O) groups is 1. The molecule has 0 aliphatic carbocycles. The van der Waals surface area contributed by atoms with Gasteiger partial charge in [0.15, 0.2) is 0 Å². The van der Waals surface area contributed by atoms with Gasteiger partial charge in [-0.25, -0.2) is 9.78 Å². The Labute approximate surface area is 155 Å². The predicted molar refractivity (Wildman–Crippen MR) is 100 cm³/mol. The van der Waals surface area contributed by atoms with Crippen molar-refractivity contribution in [1.29, 1.82) is 0 Å². The highest BCUT2D eigenvalue weighted by Crippen LogP contribution is 2.16. The zero-order chi connectivity index (χ0) is 18.4. The van der Waals surface area contributed by atoms with Crippen LogP contribution in [-0.4, -0.2) is 68.0 Å². The van der Waals surface area contributed by atoms with Gasteiger partial charge in [-0.05, 0) is 24.5 Å². The zero-order valence-corrected chi connectivity index (χ0v) is 15.8. The van der Waals surface area contributed by atoms with E-state index in [2.05, 4.69) is 24.1 Å². The van der Waals surface area contributed by atoms with Crippen LogP contribution in [0.25, 0.3) is 0 Å². The van der Waals surface area contributed by atoms with Crippen LogP contribution in [0, 0.1) is 5.92 Å². The second-order valence-electron chi connectivity index (χ2n) is 7.30. The first-order valence-corrected chi connectivity index (χ1v) is 9.54. The lowest BCUT2D eigenvalue weighted by Crippen LogP contribution is -2.52. The van der Waals surface area contributed by atoms with E-state index in [0.717, 1.165) is 44.2 Å². The highest BCUT2D eigenvalue weighted by atomic mass is 16.5. The number of hydrogen-bond acceptors (Lipinski definition) is 5. The molecule has 2 fully saturated rings. The van der Waals surface area contributed by atoms with Crippen molar-refractivity contribution in [2.24, 2.45) is 5.92 Å². The lowest BCUT2D eigenvalue weighted by molar-refractivity contribution is 0.00549. The van der Waals surface area contributed by atoms with Gasteiger partial charge in [-0.15, -0.1) is 0 Å². The summed E-state index contributed by atoms with van der Waals surface area (Å²) < 4.78 is 11.0. The van der Waals surface area contributed by atoms with Crippen molar-refractivity contribution in [3.8, 4) is 0 Å². The van der Waals surface area contributed by atoms with Gasteiger partial charge in [-0.2, -0.15) is 0 Å². The molecule has 144 valence electrons. The van der Waals surface area contributed by atoms with Crippen molar-refractivity contribution in [3.05, 3.63) is 23.9 Å². The monoisotopic (exact) mass is 362 g/mol. The minimum absolute atomic E-state index is 0.0301. The summed E-state index contributed by atoms with van der Waals surface area (Å²) in [6.45, 7) is 9.82. The largest absolute Gasteiger partial charge is 0.378 e. The van der Waals surface area contributed by atoms with Crippen molar-refractivity contribution >= 4 is 11.8 Å². The Morgan fingerprint density at radius 1 is 1.23 bits per heavy atom. The highest BCUT2D eigenvalue weighted by Gasteiger charge is 2.27. The fourth-order valence-electron chi connectivity index (χ4n) is 3.46. The van der Waals surface area contributed by atoms with E-state index in [0.29, 0.717) is 32.2 Å². The minimum Gasteiger partial charge on any atom is -0.378 e. The molecule has 1 aromatic heterocycles. The lowest BCUT2D eigenvalue weighted by Gasteiger charge is -2.36. The molecule has 2 amide bonds. The third-order valence-corrected chi connectivity index (χ3v) is 4.78. The summed E-state index contributed by atoms with van der Waals surface area (Å²) in [4.78, 5) is 21.5. The second-order valence-corrected chi connectivity index (χ2v) is 7.30. The molecule has 2 saturated heterocycles. The number of rotatable bonds is 5. The van der Waals surface area contributed by atoms with Crippen molar-refractivity contribution < 1.29 is 14.3 Å². The molecule has 0 unspecified atom stereocenters. The van der Waals surface area contributed by atoms with E-state index >= 15 is 0 Å². The Kier molecular flexibility index (Phi) is 6.68. The van der Waals surface area contributed by atoms with Crippen LogP contribution in [0.4, 0.5) is 10.6 Å². The quantitative estimate of drug-likeness (QED) is 0.866. The number of carbonyl (C=O) groups excluding carboxylic acids is 1. The Morgan fingerprint density at radius 3 is 2.77 bits per heavy atom. The number of anilines is 1. The molecule has 1 atom stereocenters. The molecule has 3 rings (SSSR count). The van der Waals surface area contributed by atoms with E-state index < -0.39 is 0 Å². The van der Waals surface area contributed by atoms with Crippen LogP contribution < -0.4 is 10.2 Å². The third-order valence-electron chi connectivity index (χ3n) is 4.78. The number of amides is 2. The molecule has 1 aromatic rings. The van der Waals surface area contributed by atoms with Crippen molar-refractivity contribution in [3.63, 3.8) is 0 Å². The molecule has 0 radical (unpaired) electrons. The standard InChI is InChI=1S/C19H30N4O3/c1-15(2)12-17-14-26-11-8-23(17)19(24)20-13-16-4-3-5-18(21-16)22-6-9-25-10-7-22/h3-5,15,17H,6-14H2,1-2H3,(H,20,24)/t17-/m0/s1.